The molecule has 1 atom stereocenters. The van der Waals surface area contributed by atoms with Crippen LogP contribution in [-0.2, 0) is 4.79 Å². The molecule has 3 aromatic rings. The maximum Gasteiger partial charge on any atom is 0.324 e. The van der Waals surface area contributed by atoms with Crippen LogP contribution in [0.2, 0.25) is 0 Å². The van der Waals surface area contributed by atoms with Crippen molar-refractivity contribution >= 4 is 23.7 Å². The standard InChI is InChI=1S/C21H20N4O2S/c1-14(19(26)25-13-12-22-21(25)27)28-20-23-17(15-8-4-2-5-9-15)18(24-20)16-10-6-3-7-11-16/h2-11,14H,12-13H2,1H3,(H,22,27)(H,23,24). The second kappa shape index (κ2) is 7.90. The van der Waals surface area contributed by atoms with Crippen molar-refractivity contribution in [1.82, 2.24) is 20.2 Å². The molecular weight excluding hydrogens is 372 g/mol. The SMILES string of the molecule is CC(Sc1nc(-c2ccccc2)c(-c2ccccc2)[nH]1)C(=O)N1CCNC1=O. The summed E-state index contributed by atoms with van der Waals surface area (Å²) >= 11 is 1.33. The van der Waals surface area contributed by atoms with E-state index in [1.807, 2.05) is 60.7 Å². The summed E-state index contributed by atoms with van der Waals surface area (Å²) in [7, 11) is 0. The molecule has 1 unspecified atom stereocenters. The number of thioether (sulfide) groups is 1. The highest BCUT2D eigenvalue weighted by Gasteiger charge is 2.31. The number of rotatable bonds is 5. The third kappa shape index (κ3) is 3.66. The minimum absolute atomic E-state index is 0.209. The Morgan fingerprint density at radius 1 is 1.07 bits per heavy atom. The molecular formula is C21H20N4O2S. The maximum absolute atomic E-state index is 12.6. The fraction of sp³-hybridized carbons (Fsp3) is 0.190. The Morgan fingerprint density at radius 2 is 1.71 bits per heavy atom. The number of imide groups is 1. The number of amides is 3. The number of imidazole rings is 1. The molecule has 142 valence electrons. The number of aromatic amines is 1. The van der Waals surface area contributed by atoms with Crippen LogP contribution in [-0.4, -0.2) is 45.1 Å². The molecule has 2 N–H and O–H groups in total. The summed E-state index contributed by atoms with van der Waals surface area (Å²) in [6.45, 7) is 2.70. The van der Waals surface area contributed by atoms with Gasteiger partial charge in [0.15, 0.2) is 5.16 Å². The molecule has 6 nitrogen and oxygen atoms in total. The Labute approximate surface area is 167 Å². The number of urea groups is 1. The van der Waals surface area contributed by atoms with Crippen molar-refractivity contribution in [2.24, 2.45) is 0 Å². The molecule has 1 aromatic heterocycles. The average molecular weight is 392 g/mol. The maximum atomic E-state index is 12.6. The third-order valence-electron chi connectivity index (χ3n) is 4.55. The van der Waals surface area contributed by atoms with Crippen LogP contribution in [0.3, 0.4) is 0 Å². The van der Waals surface area contributed by atoms with Gasteiger partial charge < -0.3 is 10.3 Å². The van der Waals surface area contributed by atoms with Gasteiger partial charge in [0.2, 0.25) is 5.91 Å². The van der Waals surface area contributed by atoms with E-state index in [4.69, 9.17) is 4.98 Å². The Balaban J connectivity index is 1.64. The molecule has 1 aliphatic heterocycles. The zero-order valence-electron chi connectivity index (χ0n) is 15.4. The first-order valence-corrected chi connectivity index (χ1v) is 9.98. The quantitative estimate of drug-likeness (QED) is 0.648. The van der Waals surface area contributed by atoms with E-state index < -0.39 is 5.25 Å². The molecule has 2 heterocycles. The largest absolute Gasteiger partial charge is 0.336 e. The molecule has 0 bridgehead atoms. The van der Waals surface area contributed by atoms with Gasteiger partial charge >= 0.3 is 6.03 Å². The Kier molecular flexibility index (Phi) is 5.16. The number of hydrogen-bond donors (Lipinski definition) is 2. The zero-order chi connectivity index (χ0) is 19.5. The molecule has 3 amide bonds. The van der Waals surface area contributed by atoms with Crippen LogP contribution in [0.25, 0.3) is 22.5 Å². The fourth-order valence-electron chi connectivity index (χ4n) is 3.15. The van der Waals surface area contributed by atoms with Gasteiger partial charge in [-0.2, -0.15) is 0 Å². The van der Waals surface area contributed by atoms with Crippen molar-refractivity contribution in [3.05, 3.63) is 60.7 Å². The van der Waals surface area contributed by atoms with Gasteiger partial charge in [-0.25, -0.2) is 9.78 Å². The van der Waals surface area contributed by atoms with E-state index in [1.54, 1.807) is 6.92 Å². The number of H-pyrrole nitrogens is 1. The Morgan fingerprint density at radius 3 is 2.32 bits per heavy atom. The van der Waals surface area contributed by atoms with Crippen LogP contribution < -0.4 is 5.32 Å². The minimum Gasteiger partial charge on any atom is -0.336 e. The summed E-state index contributed by atoms with van der Waals surface area (Å²) in [6, 6.07) is 19.6. The van der Waals surface area contributed by atoms with E-state index in [-0.39, 0.29) is 11.9 Å². The van der Waals surface area contributed by atoms with Crippen molar-refractivity contribution in [2.45, 2.75) is 17.3 Å². The van der Waals surface area contributed by atoms with E-state index in [1.165, 1.54) is 16.7 Å². The van der Waals surface area contributed by atoms with Crippen molar-refractivity contribution < 1.29 is 9.59 Å². The highest BCUT2D eigenvalue weighted by molar-refractivity contribution is 8.00. The molecule has 2 aromatic carbocycles. The molecule has 0 spiro atoms. The van der Waals surface area contributed by atoms with Gasteiger partial charge in [0.1, 0.15) is 0 Å². The Hall–Kier alpha value is -3.06. The van der Waals surface area contributed by atoms with Crippen LogP contribution in [0.1, 0.15) is 6.92 Å². The summed E-state index contributed by atoms with van der Waals surface area (Å²) in [5.41, 5.74) is 3.78. The number of carbonyl (C=O) groups is 2. The van der Waals surface area contributed by atoms with Crippen LogP contribution in [0, 0.1) is 0 Å². The van der Waals surface area contributed by atoms with Crippen molar-refractivity contribution in [2.75, 3.05) is 13.1 Å². The van der Waals surface area contributed by atoms with Gasteiger partial charge in [0.05, 0.1) is 16.6 Å². The number of hydrogen-bond acceptors (Lipinski definition) is 4. The zero-order valence-corrected chi connectivity index (χ0v) is 16.2. The van der Waals surface area contributed by atoms with Crippen molar-refractivity contribution in [3.63, 3.8) is 0 Å². The molecule has 1 aliphatic rings. The van der Waals surface area contributed by atoms with E-state index >= 15 is 0 Å². The first-order valence-electron chi connectivity index (χ1n) is 9.10. The lowest BCUT2D eigenvalue weighted by atomic mass is 10.1. The number of nitrogens with zero attached hydrogens (tertiary/aromatic N) is 2. The normalized spacial score (nSPS) is 14.8. The molecule has 0 aliphatic carbocycles. The predicted octanol–water partition coefficient (Wildman–Crippen LogP) is 3.78. The lowest BCUT2D eigenvalue weighted by Crippen LogP contribution is -2.38. The van der Waals surface area contributed by atoms with Crippen LogP contribution in [0.4, 0.5) is 4.79 Å². The van der Waals surface area contributed by atoms with E-state index in [2.05, 4.69) is 10.3 Å². The van der Waals surface area contributed by atoms with E-state index in [9.17, 15) is 9.59 Å². The van der Waals surface area contributed by atoms with Crippen molar-refractivity contribution in [3.8, 4) is 22.5 Å². The number of carbonyl (C=O) groups excluding carboxylic acids is 2. The molecule has 4 rings (SSSR count). The van der Waals surface area contributed by atoms with Crippen LogP contribution in [0.15, 0.2) is 65.8 Å². The second-order valence-electron chi connectivity index (χ2n) is 6.48. The highest BCUT2D eigenvalue weighted by Crippen LogP contribution is 2.34. The molecule has 1 fully saturated rings. The van der Waals surface area contributed by atoms with Gasteiger partial charge in [0, 0.05) is 24.2 Å². The predicted molar refractivity (Wildman–Crippen MR) is 110 cm³/mol. The molecule has 0 radical (unpaired) electrons. The molecule has 0 saturated carbocycles. The molecule has 1 saturated heterocycles. The average Bonchev–Trinajstić information content (AvgIpc) is 3.35. The first-order chi connectivity index (χ1) is 13.6. The number of nitrogens with one attached hydrogen (secondary N) is 2. The monoisotopic (exact) mass is 392 g/mol. The van der Waals surface area contributed by atoms with E-state index in [0.717, 1.165) is 22.5 Å². The summed E-state index contributed by atoms with van der Waals surface area (Å²) in [5, 5.41) is 2.88. The first kappa shape index (κ1) is 18.3. The lowest BCUT2D eigenvalue weighted by Gasteiger charge is -2.16. The minimum atomic E-state index is -0.428. The summed E-state index contributed by atoms with van der Waals surface area (Å²) in [6.07, 6.45) is 0. The second-order valence-corrected chi connectivity index (χ2v) is 7.81. The van der Waals surface area contributed by atoms with Gasteiger partial charge in [-0.15, -0.1) is 0 Å². The number of aromatic nitrogens is 2. The highest BCUT2D eigenvalue weighted by atomic mass is 32.2. The van der Waals surface area contributed by atoms with E-state index in [0.29, 0.717) is 18.2 Å². The number of benzene rings is 2. The smallest absolute Gasteiger partial charge is 0.324 e. The summed E-state index contributed by atoms with van der Waals surface area (Å²) < 4.78 is 0. The van der Waals surface area contributed by atoms with Crippen LogP contribution >= 0.6 is 11.8 Å². The third-order valence-corrected chi connectivity index (χ3v) is 5.52. The lowest BCUT2D eigenvalue weighted by molar-refractivity contribution is -0.126. The van der Waals surface area contributed by atoms with Crippen molar-refractivity contribution in [1.29, 1.82) is 0 Å². The topological polar surface area (TPSA) is 78.1 Å². The van der Waals surface area contributed by atoms with Gasteiger partial charge in [-0.05, 0) is 6.92 Å². The summed E-state index contributed by atoms with van der Waals surface area (Å²) in [5.74, 6) is -0.209. The summed E-state index contributed by atoms with van der Waals surface area (Å²) in [4.78, 5) is 33.7. The van der Waals surface area contributed by atoms with Gasteiger partial charge in [0.25, 0.3) is 0 Å². The fourth-order valence-corrected chi connectivity index (χ4v) is 4.01. The van der Waals surface area contributed by atoms with Gasteiger partial charge in [-0.3, -0.25) is 9.69 Å². The Bertz CT molecular complexity index is 931. The molecule has 7 heteroatoms. The molecule has 28 heavy (non-hydrogen) atoms. The van der Waals surface area contributed by atoms with Gasteiger partial charge in [-0.1, -0.05) is 72.4 Å². The van der Waals surface area contributed by atoms with Crippen LogP contribution in [0.5, 0.6) is 0 Å².